The number of alkyl halides is 5. The second-order valence-electron chi connectivity index (χ2n) is 6.53. The van der Waals surface area contributed by atoms with Gasteiger partial charge in [-0.3, -0.25) is 9.21 Å². The molecule has 0 saturated carbocycles. The number of sulfonamides is 1. The van der Waals surface area contributed by atoms with E-state index in [-0.39, 0.29) is 28.2 Å². The largest absolute Gasteiger partial charge is 0.516 e. The van der Waals surface area contributed by atoms with Crippen molar-refractivity contribution >= 4 is 39.2 Å². The minimum absolute atomic E-state index is 0.0816. The van der Waals surface area contributed by atoms with Gasteiger partial charge in [-0.1, -0.05) is 17.1 Å². The Balaban J connectivity index is 2.37. The molecule has 0 amide bonds. The molecule has 1 atom stereocenters. The number of nitro groups is 1. The summed E-state index contributed by atoms with van der Waals surface area (Å²) in [6.45, 7) is 0.207. The first-order chi connectivity index (χ1) is 14.4. The van der Waals surface area contributed by atoms with Crippen molar-refractivity contribution in [1.29, 1.82) is 0 Å². The molecule has 0 fully saturated rings. The van der Waals surface area contributed by atoms with E-state index in [0.29, 0.717) is 24.8 Å². The number of nitrogens with zero attached hydrogens (tertiary/aromatic N) is 5. The van der Waals surface area contributed by atoms with Crippen molar-refractivity contribution in [1.82, 2.24) is 18.8 Å². The zero-order valence-electron chi connectivity index (χ0n) is 16.3. The van der Waals surface area contributed by atoms with Gasteiger partial charge in [0.1, 0.15) is 11.9 Å². The van der Waals surface area contributed by atoms with Crippen LogP contribution in [0.1, 0.15) is 12.1 Å². The van der Waals surface area contributed by atoms with Crippen LogP contribution in [0.4, 0.5) is 19.1 Å². The third kappa shape index (κ3) is 5.70. The molecule has 0 aromatic carbocycles. The molecule has 0 aliphatic heterocycles. The number of allylic oxidation sites excluding steroid dienone is 1. The zero-order valence-corrected chi connectivity index (χ0v) is 18.6. The van der Waals surface area contributed by atoms with Crippen LogP contribution in [0.3, 0.4) is 0 Å². The highest BCUT2D eigenvalue weighted by atomic mass is 35.5. The Kier molecular flexibility index (Phi) is 8.36. The fourth-order valence-electron chi connectivity index (χ4n) is 3.05. The number of halogens is 5. The highest BCUT2D eigenvalue weighted by Gasteiger charge is 2.51. The smallest absolute Gasteiger partial charge is 0.390 e. The van der Waals surface area contributed by atoms with E-state index in [9.17, 15) is 31.7 Å². The molecule has 15 heteroatoms. The molecule has 0 bridgehead atoms. The second-order valence-corrected chi connectivity index (χ2v) is 9.14. The first kappa shape index (κ1) is 25.4. The van der Waals surface area contributed by atoms with E-state index in [2.05, 4.69) is 4.98 Å². The Morgan fingerprint density at radius 2 is 1.94 bits per heavy atom. The van der Waals surface area contributed by atoms with E-state index < -0.39 is 32.9 Å². The monoisotopic (exact) mass is 505 g/mol. The summed E-state index contributed by atoms with van der Waals surface area (Å²) in [6, 6.07) is -0.213. The average Bonchev–Trinajstić information content (AvgIpc) is 3.05. The summed E-state index contributed by atoms with van der Waals surface area (Å²) >= 11 is 11.6. The molecule has 0 N–H and O–H groups in total. The van der Waals surface area contributed by atoms with Gasteiger partial charge in [0.05, 0.1) is 13.6 Å². The Morgan fingerprint density at radius 1 is 1.32 bits per heavy atom. The van der Waals surface area contributed by atoms with Crippen molar-refractivity contribution in [2.24, 2.45) is 7.05 Å². The van der Waals surface area contributed by atoms with Crippen LogP contribution in [-0.4, -0.2) is 68.5 Å². The van der Waals surface area contributed by atoms with Crippen LogP contribution in [0.2, 0.25) is 0 Å². The molecule has 1 aliphatic carbocycles. The molecule has 2 rings (SSSR count). The maximum absolute atomic E-state index is 13.3. The highest BCUT2D eigenvalue weighted by Crippen LogP contribution is 2.33. The van der Waals surface area contributed by atoms with Gasteiger partial charge in [-0.25, -0.2) is 4.57 Å². The average molecular weight is 506 g/mol. The minimum atomic E-state index is -5.78. The van der Waals surface area contributed by atoms with E-state index in [1.807, 2.05) is 4.90 Å². The summed E-state index contributed by atoms with van der Waals surface area (Å²) in [6.07, 6.45) is 5.43. The Morgan fingerprint density at radius 3 is 2.35 bits per heavy atom. The van der Waals surface area contributed by atoms with Crippen LogP contribution in [0.15, 0.2) is 30.1 Å². The van der Waals surface area contributed by atoms with Crippen molar-refractivity contribution < 1.29 is 26.5 Å². The van der Waals surface area contributed by atoms with Crippen LogP contribution >= 0.6 is 23.2 Å². The van der Waals surface area contributed by atoms with Crippen molar-refractivity contribution in [3.63, 3.8) is 0 Å². The standard InChI is InChI=1S/C16H20Cl2F3N5O4S/c1-23-14(10-22-15(23)26(27)28)11-25(31(29,30)16(19,20)21)13-4-2-12(3-5-13)24(8-6-17)9-7-18/h2,4-5,10,12H,3,6-9,11H2,1H3. The summed E-state index contributed by atoms with van der Waals surface area (Å²) in [5, 5.41) is 10.9. The highest BCUT2D eigenvalue weighted by molar-refractivity contribution is 7.90. The lowest BCUT2D eigenvalue weighted by Gasteiger charge is -2.32. The number of hydrogen-bond donors (Lipinski definition) is 0. The fraction of sp³-hybridized carbons (Fsp3) is 0.562. The third-order valence-corrected chi connectivity index (χ3v) is 6.51. The van der Waals surface area contributed by atoms with Gasteiger partial charge in [0.25, 0.3) is 0 Å². The van der Waals surface area contributed by atoms with Gasteiger partial charge in [0.2, 0.25) is 0 Å². The molecule has 1 unspecified atom stereocenters. The number of rotatable bonds is 10. The maximum Gasteiger partial charge on any atom is 0.516 e. The number of hydrogen-bond acceptors (Lipinski definition) is 6. The zero-order chi connectivity index (χ0) is 23.4. The molecule has 9 nitrogen and oxygen atoms in total. The molecule has 1 aromatic heterocycles. The lowest BCUT2D eigenvalue weighted by Crippen LogP contribution is -2.41. The number of imidazole rings is 1. The molecule has 0 saturated heterocycles. The molecular weight excluding hydrogens is 486 g/mol. The van der Waals surface area contributed by atoms with E-state index >= 15 is 0 Å². The van der Waals surface area contributed by atoms with Gasteiger partial charge in [-0.05, 0) is 17.4 Å². The van der Waals surface area contributed by atoms with Gasteiger partial charge >= 0.3 is 21.5 Å². The normalized spacial score (nSPS) is 17.1. The van der Waals surface area contributed by atoms with Crippen LogP contribution in [0.5, 0.6) is 0 Å². The summed E-state index contributed by atoms with van der Waals surface area (Å²) in [7, 11) is -4.56. The quantitative estimate of drug-likeness (QED) is 0.275. The van der Waals surface area contributed by atoms with Crippen molar-refractivity contribution in [3.05, 3.63) is 45.9 Å². The van der Waals surface area contributed by atoms with Gasteiger partial charge in [0.15, 0.2) is 0 Å². The maximum atomic E-state index is 13.3. The van der Waals surface area contributed by atoms with Crippen LogP contribution in [0.25, 0.3) is 0 Å². The van der Waals surface area contributed by atoms with Gasteiger partial charge < -0.3 is 10.1 Å². The van der Waals surface area contributed by atoms with Crippen LogP contribution < -0.4 is 0 Å². The van der Waals surface area contributed by atoms with Gasteiger partial charge in [0, 0.05) is 36.6 Å². The topological polar surface area (TPSA) is 102 Å². The molecule has 1 aliphatic rings. The molecule has 31 heavy (non-hydrogen) atoms. The fourth-order valence-corrected chi connectivity index (χ4v) is 4.45. The molecule has 1 heterocycles. The molecule has 174 valence electrons. The first-order valence-corrected chi connectivity index (χ1v) is 11.4. The van der Waals surface area contributed by atoms with Crippen molar-refractivity contribution in [2.75, 3.05) is 24.8 Å². The van der Waals surface area contributed by atoms with E-state index in [1.54, 1.807) is 6.08 Å². The number of aromatic nitrogens is 2. The summed E-state index contributed by atoms with van der Waals surface area (Å²) in [5.41, 5.74) is -5.84. The third-order valence-electron chi connectivity index (χ3n) is 4.67. The van der Waals surface area contributed by atoms with Gasteiger partial charge in [-0.15, -0.1) is 23.2 Å². The summed E-state index contributed by atoms with van der Waals surface area (Å²) in [4.78, 5) is 15.6. The Hall–Kier alpha value is -1.83. The summed E-state index contributed by atoms with van der Waals surface area (Å²) in [5.74, 6) is 0.0301. The molecular formula is C16H20Cl2F3N5O4S. The van der Waals surface area contributed by atoms with Crippen LogP contribution in [-0.2, 0) is 23.6 Å². The van der Waals surface area contributed by atoms with Crippen molar-refractivity contribution in [2.45, 2.75) is 24.5 Å². The molecule has 1 aromatic rings. The minimum Gasteiger partial charge on any atom is -0.390 e. The van der Waals surface area contributed by atoms with E-state index in [0.717, 1.165) is 10.8 Å². The molecule has 0 radical (unpaired) electrons. The van der Waals surface area contributed by atoms with E-state index in [1.165, 1.54) is 19.2 Å². The van der Waals surface area contributed by atoms with Crippen LogP contribution in [0, 0.1) is 10.1 Å². The first-order valence-electron chi connectivity index (χ1n) is 8.92. The SMILES string of the molecule is Cn1c(CN(C2=CCC(N(CCCl)CCCl)C=C2)S(=O)(=O)C(F)(F)F)cnc1[N+](=O)[O-]. The Labute approximate surface area is 186 Å². The lowest BCUT2D eigenvalue weighted by molar-refractivity contribution is -0.396. The Bertz CT molecular complexity index is 959. The predicted octanol–water partition coefficient (Wildman–Crippen LogP) is 2.97. The molecule has 0 spiro atoms. The predicted molar refractivity (Wildman–Crippen MR) is 109 cm³/mol. The lowest BCUT2D eigenvalue weighted by atomic mass is 10.1. The summed E-state index contributed by atoms with van der Waals surface area (Å²) < 4.78 is 65.6. The van der Waals surface area contributed by atoms with E-state index in [4.69, 9.17) is 23.2 Å². The van der Waals surface area contributed by atoms with Gasteiger partial charge in [-0.2, -0.15) is 21.6 Å². The second kappa shape index (κ2) is 10.2. The van der Waals surface area contributed by atoms with Crippen molar-refractivity contribution in [3.8, 4) is 0 Å².